The fraction of sp³-hybridized carbons (Fsp3) is 0.900. The molecule has 12 atom stereocenters. The summed E-state index contributed by atoms with van der Waals surface area (Å²) in [5.74, 6) is -0.240. The Labute approximate surface area is 639 Å². The number of aliphatic hydroxyl groups is 8. The van der Waals surface area contributed by atoms with Crippen LogP contribution in [0, 0.1) is 0 Å². The number of ether oxygens (including phenoxy) is 4. The summed E-state index contributed by atoms with van der Waals surface area (Å²) >= 11 is 0. The number of hydrogen-bond acceptors (Lipinski definition) is 13. The number of aliphatic hydroxyl groups excluding tert-OH is 8. The lowest BCUT2D eigenvalue weighted by atomic mass is 9.97. The number of amides is 1. The quantitative estimate of drug-likeness (QED) is 0.0204. The topological polar surface area (TPSA) is 228 Å². The van der Waals surface area contributed by atoms with Crippen LogP contribution in [0.3, 0.4) is 0 Å². The summed E-state index contributed by atoms with van der Waals surface area (Å²) < 4.78 is 22.9. The SMILES string of the molecule is CCCCCCC/C=C\C/C=C\CCCCCCCCCCCCCCCCCCCCCCCCCCCCCCCC(=O)NC(COC1OC(CO)C(OC2OC(CO)C(O)C(O)C2O)C(O)C1O)C(O)/C=C/CC/C=C/CCCCCCCCCCCCCCCCCCCCCCCCC. The van der Waals surface area contributed by atoms with Gasteiger partial charge in [-0.1, -0.05) is 403 Å². The Morgan fingerprint density at radius 1 is 0.346 bits per heavy atom. The van der Waals surface area contributed by atoms with Gasteiger partial charge in [0.05, 0.1) is 32.0 Å². The maximum atomic E-state index is 13.4. The van der Waals surface area contributed by atoms with Crippen LogP contribution in [0.5, 0.6) is 0 Å². The number of rotatable bonds is 77. The smallest absolute Gasteiger partial charge is 0.220 e. The molecule has 9 N–H and O–H groups in total. The molecule has 612 valence electrons. The van der Waals surface area contributed by atoms with E-state index in [0.717, 1.165) is 38.5 Å². The number of carbonyl (C=O) groups is 1. The Kier molecular flexibility index (Phi) is 69.5. The molecule has 1 amide bonds. The van der Waals surface area contributed by atoms with E-state index >= 15 is 0 Å². The van der Waals surface area contributed by atoms with Crippen molar-refractivity contribution in [2.75, 3.05) is 19.8 Å². The van der Waals surface area contributed by atoms with E-state index in [1.807, 2.05) is 6.08 Å². The number of nitrogens with one attached hydrogen (secondary N) is 1. The Hall–Kier alpha value is -2.05. The summed E-state index contributed by atoms with van der Waals surface area (Å²) in [6.07, 6.45) is 83.8. The van der Waals surface area contributed by atoms with Gasteiger partial charge in [-0.05, 0) is 64.2 Å². The van der Waals surface area contributed by atoms with Crippen LogP contribution in [-0.2, 0) is 23.7 Å². The molecule has 0 radical (unpaired) electrons. The second kappa shape index (κ2) is 73.7. The lowest BCUT2D eigenvalue weighted by Gasteiger charge is -2.46. The molecule has 0 bridgehead atoms. The Morgan fingerprint density at radius 3 is 1.00 bits per heavy atom. The van der Waals surface area contributed by atoms with Gasteiger partial charge in [-0.3, -0.25) is 4.79 Å². The van der Waals surface area contributed by atoms with Crippen molar-refractivity contribution < 1.29 is 64.6 Å². The molecule has 2 fully saturated rings. The van der Waals surface area contributed by atoms with Crippen molar-refractivity contribution in [1.82, 2.24) is 5.32 Å². The molecule has 0 saturated carbocycles. The zero-order chi connectivity index (χ0) is 75.1. The van der Waals surface area contributed by atoms with E-state index in [4.69, 9.17) is 18.9 Å². The van der Waals surface area contributed by atoms with Crippen molar-refractivity contribution in [1.29, 1.82) is 0 Å². The predicted molar refractivity (Wildman–Crippen MR) is 434 cm³/mol. The minimum absolute atomic E-state index is 0.240. The van der Waals surface area contributed by atoms with Gasteiger partial charge < -0.3 is 65.1 Å². The normalized spacial score (nSPS) is 21.6. The first-order valence-electron chi connectivity index (χ1n) is 44.9. The maximum absolute atomic E-state index is 13.4. The van der Waals surface area contributed by atoms with Gasteiger partial charge in [0.2, 0.25) is 5.91 Å². The second-order valence-corrected chi connectivity index (χ2v) is 31.7. The average Bonchev–Trinajstić information content (AvgIpc) is 0.789. The highest BCUT2D eigenvalue weighted by atomic mass is 16.7. The first-order chi connectivity index (χ1) is 51.1. The molecule has 0 aromatic rings. The Balaban J connectivity index is 1.56. The molecule has 14 nitrogen and oxygen atoms in total. The van der Waals surface area contributed by atoms with Gasteiger partial charge in [0, 0.05) is 6.42 Å². The lowest BCUT2D eigenvalue weighted by molar-refractivity contribution is -0.359. The molecule has 2 heterocycles. The molecule has 0 aromatic heterocycles. The van der Waals surface area contributed by atoms with E-state index in [9.17, 15) is 45.6 Å². The molecular formula is C90H169NO13. The van der Waals surface area contributed by atoms with E-state index < -0.39 is 86.8 Å². The van der Waals surface area contributed by atoms with Crippen LogP contribution in [0.2, 0.25) is 0 Å². The first kappa shape index (κ1) is 98.0. The highest BCUT2D eigenvalue weighted by Crippen LogP contribution is 2.31. The summed E-state index contributed by atoms with van der Waals surface area (Å²) in [5.41, 5.74) is 0. The molecule has 2 aliphatic heterocycles. The van der Waals surface area contributed by atoms with Crippen molar-refractivity contribution in [2.24, 2.45) is 0 Å². The van der Waals surface area contributed by atoms with E-state index in [-0.39, 0.29) is 18.9 Å². The molecule has 2 rings (SSSR count). The summed E-state index contributed by atoms with van der Waals surface area (Å²) in [5, 5.41) is 87.8. The molecule has 104 heavy (non-hydrogen) atoms. The molecular weight excluding hydrogens is 1300 g/mol. The number of allylic oxidation sites excluding steroid dienone is 7. The fourth-order valence-corrected chi connectivity index (χ4v) is 14.9. The second-order valence-electron chi connectivity index (χ2n) is 31.7. The monoisotopic (exact) mass is 1470 g/mol. The first-order valence-corrected chi connectivity index (χ1v) is 44.9. The Bertz CT molecular complexity index is 1930. The van der Waals surface area contributed by atoms with Gasteiger partial charge in [0.25, 0.3) is 0 Å². The highest BCUT2D eigenvalue weighted by Gasteiger charge is 2.51. The van der Waals surface area contributed by atoms with Crippen molar-refractivity contribution in [3.63, 3.8) is 0 Å². The predicted octanol–water partition coefficient (Wildman–Crippen LogP) is 21.7. The zero-order valence-corrected chi connectivity index (χ0v) is 67.5. The van der Waals surface area contributed by atoms with Crippen LogP contribution in [0.25, 0.3) is 0 Å². The number of unbranched alkanes of at least 4 members (excludes halogenated alkanes) is 58. The third-order valence-corrected chi connectivity index (χ3v) is 22.0. The van der Waals surface area contributed by atoms with E-state index in [1.54, 1.807) is 6.08 Å². The third kappa shape index (κ3) is 55.4. The van der Waals surface area contributed by atoms with Crippen LogP contribution in [0.1, 0.15) is 425 Å². The van der Waals surface area contributed by atoms with Crippen LogP contribution < -0.4 is 5.32 Å². The molecule has 0 aromatic carbocycles. The minimum Gasteiger partial charge on any atom is -0.394 e. The van der Waals surface area contributed by atoms with Crippen molar-refractivity contribution in [3.05, 3.63) is 48.6 Å². The minimum atomic E-state index is -1.79. The van der Waals surface area contributed by atoms with Crippen LogP contribution >= 0.6 is 0 Å². The summed E-state index contributed by atoms with van der Waals surface area (Å²) in [6, 6.07) is -0.933. The van der Waals surface area contributed by atoms with Crippen molar-refractivity contribution >= 4 is 5.91 Å². The standard InChI is InChI=1S/C90H169NO13/c1-3-5-7-9-11-13-15-17-19-21-23-25-27-29-31-33-34-35-36-37-38-39-40-41-42-43-44-46-48-50-52-54-56-58-60-62-64-66-68-70-72-74-82(95)91-78(77-101-89-87(100)85(98)88(81(76-93)103-89)104-90-86(99)84(97)83(96)80(75-92)102-90)79(94)73-71-69-67-65-63-61-59-57-55-53-51-49-47-45-32-30-28-26-24-22-20-18-16-14-12-10-8-6-4-2/h15,17,21,23,63,65,71,73,78-81,83-90,92-94,96-100H,3-14,16,18-20,22,24-62,64,66-70,72,74-77H2,1-2H3,(H,91,95)/b17-15-,23-21-,65-63+,73-71+. The van der Waals surface area contributed by atoms with Crippen molar-refractivity contribution in [3.8, 4) is 0 Å². The van der Waals surface area contributed by atoms with Crippen LogP contribution in [0.15, 0.2) is 48.6 Å². The van der Waals surface area contributed by atoms with E-state index in [0.29, 0.717) is 12.8 Å². The van der Waals surface area contributed by atoms with Gasteiger partial charge in [-0.2, -0.15) is 0 Å². The largest absolute Gasteiger partial charge is 0.394 e. The zero-order valence-electron chi connectivity index (χ0n) is 67.5. The molecule has 14 heteroatoms. The maximum Gasteiger partial charge on any atom is 0.220 e. The third-order valence-electron chi connectivity index (χ3n) is 22.0. The van der Waals surface area contributed by atoms with Crippen LogP contribution in [-0.4, -0.2) is 140 Å². The molecule has 12 unspecified atom stereocenters. The van der Waals surface area contributed by atoms with Crippen LogP contribution in [0.4, 0.5) is 0 Å². The van der Waals surface area contributed by atoms with E-state index in [1.165, 1.54) is 353 Å². The fourth-order valence-electron chi connectivity index (χ4n) is 14.9. The number of hydrogen-bond donors (Lipinski definition) is 9. The van der Waals surface area contributed by atoms with Gasteiger partial charge in [-0.15, -0.1) is 0 Å². The Morgan fingerprint density at radius 2 is 0.644 bits per heavy atom. The van der Waals surface area contributed by atoms with Gasteiger partial charge in [0.1, 0.15) is 48.8 Å². The molecule has 2 saturated heterocycles. The van der Waals surface area contributed by atoms with Gasteiger partial charge >= 0.3 is 0 Å². The van der Waals surface area contributed by atoms with Gasteiger partial charge in [-0.25, -0.2) is 0 Å². The van der Waals surface area contributed by atoms with E-state index in [2.05, 4.69) is 55.6 Å². The molecule has 0 aliphatic carbocycles. The highest BCUT2D eigenvalue weighted by molar-refractivity contribution is 5.76. The lowest BCUT2D eigenvalue weighted by Crippen LogP contribution is -2.65. The summed E-state index contributed by atoms with van der Waals surface area (Å²) in [7, 11) is 0. The molecule has 2 aliphatic rings. The summed E-state index contributed by atoms with van der Waals surface area (Å²) in [6.45, 7) is 2.84. The van der Waals surface area contributed by atoms with Crippen molar-refractivity contribution in [2.45, 2.75) is 498 Å². The van der Waals surface area contributed by atoms with Gasteiger partial charge in [0.15, 0.2) is 12.6 Å². The summed E-state index contributed by atoms with van der Waals surface area (Å²) in [4.78, 5) is 13.4. The molecule has 0 spiro atoms. The number of carbonyl (C=O) groups excluding carboxylic acids is 1. The average molecular weight is 1470 g/mol.